The van der Waals surface area contributed by atoms with Crippen molar-refractivity contribution < 1.29 is 23.2 Å². The topological polar surface area (TPSA) is 81.4 Å². The summed E-state index contributed by atoms with van der Waals surface area (Å²) in [5.74, 6) is 0.0729. The molecule has 2 heterocycles. The van der Waals surface area contributed by atoms with E-state index in [-0.39, 0.29) is 30.1 Å². The molecule has 6 nitrogen and oxygen atoms in total. The van der Waals surface area contributed by atoms with Crippen LogP contribution in [0.25, 0.3) is 0 Å². The maximum Gasteiger partial charge on any atom is 0.226 e. The highest BCUT2D eigenvalue weighted by Crippen LogP contribution is 2.18. The Bertz CT molecular complexity index is 753. The first-order chi connectivity index (χ1) is 12.2. The van der Waals surface area contributed by atoms with Crippen LogP contribution in [0.15, 0.2) is 28.8 Å². The number of nitrogens with one attached hydrogen (secondary N) is 1. The summed E-state index contributed by atoms with van der Waals surface area (Å²) in [6, 6.07) is 6.03. The van der Waals surface area contributed by atoms with E-state index in [0.717, 1.165) is 13.0 Å². The number of ether oxygens (including phenoxy) is 1. The first kappa shape index (κ1) is 17.3. The number of rotatable bonds is 7. The van der Waals surface area contributed by atoms with Crippen molar-refractivity contribution in [2.24, 2.45) is 5.92 Å². The quantitative estimate of drug-likeness (QED) is 0.775. The van der Waals surface area contributed by atoms with E-state index in [4.69, 9.17) is 9.26 Å². The average molecular weight is 346 g/mol. The molecule has 7 heteroatoms. The van der Waals surface area contributed by atoms with Gasteiger partial charge in [0.05, 0.1) is 18.6 Å². The zero-order valence-corrected chi connectivity index (χ0v) is 13.7. The molecule has 1 amide bonds. The molecule has 1 aliphatic heterocycles. The molecule has 0 bridgehead atoms. The molecule has 1 unspecified atom stereocenters. The van der Waals surface area contributed by atoms with Gasteiger partial charge < -0.3 is 14.6 Å². The second-order valence-corrected chi connectivity index (χ2v) is 6.10. The summed E-state index contributed by atoms with van der Waals surface area (Å²) in [7, 11) is 0. The fraction of sp³-hybridized carbons (Fsp3) is 0.389. The number of hydrogen-bond donors (Lipinski definition) is 1. The van der Waals surface area contributed by atoms with Crippen molar-refractivity contribution in [3.63, 3.8) is 0 Å². The van der Waals surface area contributed by atoms with Gasteiger partial charge in [0.1, 0.15) is 11.5 Å². The molecular weight excluding hydrogens is 327 g/mol. The number of aldehydes is 1. The number of aromatic nitrogens is 1. The molecule has 0 aliphatic carbocycles. The number of hydrogen-bond acceptors (Lipinski definition) is 5. The molecule has 0 saturated carbocycles. The predicted octanol–water partition coefficient (Wildman–Crippen LogP) is 1.91. The van der Waals surface area contributed by atoms with Crippen molar-refractivity contribution in [1.29, 1.82) is 0 Å². The standard InChI is InChI=1S/C18H19FN2O4/c19-14-3-1-2-12(6-14)7-17-15(10-22)16(21-25-17)8-18(23)20-9-13-4-5-24-11-13/h1-3,6,10,13H,4-5,7-9,11H2,(H,20,23). The van der Waals surface area contributed by atoms with Crippen molar-refractivity contribution in [2.75, 3.05) is 19.8 Å². The highest BCUT2D eigenvalue weighted by molar-refractivity contribution is 5.84. The fourth-order valence-corrected chi connectivity index (χ4v) is 2.81. The monoisotopic (exact) mass is 346 g/mol. The van der Waals surface area contributed by atoms with Crippen LogP contribution in [0.5, 0.6) is 0 Å². The van der Waals surface area contributed by atoms with Crippen molar-refractivity contribution >= 4 is 12.2 Å². The van der Waals surface area contributed by atoms with Crippen LogP contribution in [-0.4, -0.2) is 37.1 Å². The van der Waals surface area contributed by atoms with Gasteiger partial charge in [-0.3, -0.25) is 9.59 Å². The Hall–Kier alpha value is -2.54. The van der Waals surface area contributed by atoms with Gasteiger partial charge in [-0.2, -0.15) is 0 Å². The summed E-state index contributed by atoms with van der Waals surface area (Å²) in [4.78, 5) is 23.4. The molecule has 1 saturated heterocycles. The van der Waals surface area contributed by atoms with Gasteiger partial charge in [0.2, 0.25) is 5.91 Å². The number of carbonyl (C=O) groups is 2. The van der Waals surface area contributed by atoms with E-state index in [0.29, 0.717) is 42.4 Å². The molecule has 132 valence electrons. The average Bonchev–Trinajstić information content (AvgIpc) is 3.23. The normalized spacial score (nSPS) is 16.8. The van der Waals surface area contributed by atoms with Gasteiger partial charge in [0.25, 0.3) is 0 Å². The van der Waals surface area contributed by atoms with E-state index >= 15 is 0 Å². The predicted molar refractivity (Wildman–Crippen MR) is 86.7 cm³/mol. The summed E-state index contributed by atoms with van der Waals surface area (Å²) in [6.07, 6.45) is 1.76. The summed E-state index contributed by atoms with van der Waals surface area (Å²) in [5.41, 5.74) is 1.21. The van der Waals surface area contributed by atoms with Gasteiger partial charge in [0, 0.05) is 25.5 Å². The maximum absolute atomic E-state index is 13.3. The third kappa shape index (κ3) is 4.51. The van der Waals surface area contributed by atoms with E-state index < -0.39 is 0 Å². The summed E-state index contributed by atoms with van der Waals surface area (Å²) in [5, 5.41) is 6.66. The molecule has 25 heavy (non-hydrogen) atoms. The Morgan fingerprint density at radius 3 is 3.04 bits per heavy atom. The molecule has 0 radical (unpaired) electrons. The van der Waals surface area contributed by atoms with Crippen LogP contribution in [0.3, 0.4) is 0 Å². The van der Waals surface area contributed by atoms with Crippen molar-refractivity contribution in [3.8, 4) is 0 Å². The SMILES string of the molecule is O=Cc1c(CC(=O)NCC2CCOC2)noc1Cc1cccc(F)c1. The molecule has 1 aliphatic rings. The van der Waals surface area contributed by atoms with E-state index in [9.17, 15) is 14.0 Å². The van der Waals surface area contributed by atoms with E-state index in [1.54, 1.807) is 12.1 Å². The van der Waals surface area contributed by atoms with Crippen LogP contribution in [0, 0.1) is 11.7 Å². The molecule has 1 aromatic carbocycles. The third-order valence-electron chi connectivity index (χ3n) is 4.19. The minimum absolute atomic E-state index is 0.0334. The Morgan fingerprint density at radius 1 is 1.44 bits per heavy atom. The van der Waals surface area contributed by atoms with Gasteiger partial charge in [-0.05, 0) is 24.1 Å². The zero-order valence-electron chi connectivity index (χ0n) is 13.7. The smallest absolute Gasteiger partial charge is 0.226 e. The molecule has 1 atom stereocenters. The van der Waals surface area contributed by atoms with E-state index in [2.05, 4.69) is 10.5 Å². The summed E-state index contributed by atoms with van der Waals surface area (Å²) in [6.45, 7) is 1.92. The molecule has 1 N–H and O–H groups in total. The lowest BCUT2D eigenvalue weighted by Gasteiger charge is -2.08. The van der Waals surface area contributed by atoms with Crippen LogP contribution in [0.4, 0.5) is 4.39 Å². The van der Waals surface area contributed by atoms with E-state index in [1.165, 1.54) is 12.1 Å². The largest absolute Gasteiger partial charge is 0.381 e. The van der Waals surface area contributed by atoms with Gasteiger partial charge in [-0.1, -0.05) is 17.3 Å². The maximum atomic E-state index is 13.3. The Morgan fingerprint density at radius 2 is 2.32 bits per heavy atom. The molecular formula is C18H19FN2O4. The fourth-order valence-electron chi connectivity index (χ4n) is 2.81. The highest BCUT2D eigenvalue weighted by atomic mass is 19.1. The van der Waals surface area contributed by atoms with Gasteiger partial charge in [-0.25, -0.2) is 4.39 Å². The van der Waals surface area contributed by atoms with Crippen molar-refractivity contribution in [3.05, 3.63) is 52.7 Å². The number of carbonyl (C=O) groups excluding carboxylic acids is 2. The number of halogens is 1. The first-order valence-corrected chi connectivity index (χ1v) is 8.17. The lowest BCUT2D eigenvalue weighted by atomic mass is 10.1. The summed E-state index contributed by atoms with van der Waals surface area (Å²) < 4.78 is 23.7. The highest BCUT2D eigenvalue weighted by Gasteiger charge is 2.20. The zero-order chi connectivity index (χ0) is 17.6. The molecule has 0 spiro atoms. The second-order valence-electron chi connectivity index (χ2n) is 6.10. The molecule has 1 aromatic heterocycles. The van der Waals surface area contributed by atoms with Gasteiger partial charge in [0.15, 0.2) is 12.0 Å². The minimum Gasteiger partial charge on any atom is -0.381 e. The van der Waals surface area contributed by atoms with Crippen LogP contribution in [0.1, 0.15) is 33.8 Å². The number of amides is 1. The van der Waals surface area contributed by atoms with Gasteiger partial charge in [-0.15, -0.1) is 0 Å². The second kappa shape index (κ2) is 8.02. The summed E-state index contributed by atoms with van der Waals surface area (Å²) >= 11 is 0. The van der Waals surface area contributed by atoms with Crippen LogP contribution >= 0.6 is 0 Å². The Labute approximate surface area is 144 Å². The Balaban J connectivity index is 1.62. The minimum atomic E-state index is -0.361. The van der Waals surface area contributed by atoms with Crippen molar-refractivity contribution in [2.45, 2.75) is 19.3 Å². The number of nitrogens with zero attached hydrogens (tertiary/aromatic N) is 1. The van der Waals surface area contributed by atoms with E-state index in [1.807, 2.05) is 0 Å². The first-order valence-electron chi connectivity index (χ1n) is 8.17. The van der Waals surface area contributed by atoms with Crippen LogP contribution < -0.4 is 5.32 Å². The third-order valence-corrected chi connectivity index (χ3v) is 4.19. The molecule has 3 rings (SSSR count). The molecule has 1 fully saturated rings. The van der Waals surface area contributed by atoms with Crippen molar-refractivity contribution in [1.82, 2.24) is 10.5 Å². The molecule has 2 aromatic rings. The number of benzene rings is 1. The lowest BCUT2D eigenvalue weighted by molar-refractivity contribution is -0.120. The Kier molecular flexibility index (Phi) is 5.55. The lowest BCUT2D eigenvalue weighted by Crippen LogP contribution is -2.31. The van der Waals surface area contributed by atoms with Crippen LogP contribution in [0.2, 0.25) is 0 Å². The van der Waals surface area contributed by atoms with Crippen LogP contribution in [-0.2, 0) is 22.4 Å². The van der Waals surface area contributed by atoms with Gasteiger partial charge >= 0.3 is 0 Å².